The summed E-state index contributed by atoms with van der Waals surface area (Å²) in [6.45, 7) is 4.93. The Balaban J connectivity index is 3.11. The molecule has 0 saturated heterocycles. The number of hydrogen-bond acceptors (Lipinski definition) is 3. The molecular weight excluding hydrogens is 299 g/mol. The van der Waals surface area contributed by atoms with E-state index in [4.69, 9.17) is 9.47 Å². The van der Waals surface area contributed by atoms with Crippen molar-refractivity contribution in [1.82, 2.24) is 5.32 Å². The van der Waals surface area contributed by atoms with Crippen LogP contribution in [0.15, 0.2) is 24.3 Å². The fourth-order valence-corrected chi connectivity index (χ4v) is 1.99. The molecular formula is C15H20F3NO3. The smallest absolute Gasteiger partial charge is 0.416 e. The first-order chi connectivity index (χ1) is 10.1. The lowest BCUT2D eigenvalue weighted by atomic mass is 9.91. The van der Waals surface area contributed by atoms with Crippen LogP contribution in [0.1, 0.15) is 31.9 Å². The Labute approximate surface area is 127 Å². The molecule has 0 heterocycles. The van der Waals surface area contributed by atoms with Gasteiger partial charge in [-0.15, -0.1) is 0 Å². The highest BCUT2D eigenvalue weighted by molar-refractivity contribution is 5.69. The number of hydrogen-bond donors (Lipinski definition) is 1. The van der Waals surface area contributed by atoms with E-state index in [9.17, 15) is 18.0 Å². The van der Waals surface area contributed by atoms with E-state index < -0.39 is 23.4 Å². The Kier molecular flexibility index (Phi) is 5.82. The van der Waals surface area contributed by atoms with Crippen molar-refractivity contribution in [2.75, 3.05) is 13.7 Å². The van der Waals surface area contributed by atoms with E-state index in [1.807, 2.05) is 0 Å². The van der Waals surface area contributed by atoms with E-state index in [1.165, 1.54) is 19.2 Å². The molecule has 124 valence electrons. The van der Waals surface area contributed by atoms with Crippen LogP contribution in [-0.2, 0) is 21.2 Å². The second kappa shape index (κ2) is 7.00. The number of alkyl halides is 3. The number of benzene rings is 1. The standard InChI is InChI=1S/C15H20F3NO3/c1-10(2)22-13(20)19-14(3,9-21-4)11-6-5-7-12(8-11)15(16,17)18/h5-8,10H,9H2,1-4H3,(H,19,20). The third kappa shape index (κ3) is 4.91. The van der Waals surface area contributed by atoms with Crippen molar-refractivity contribution in [2.45, 2.75) is 38.6 Å². The van der Waals surface area contributed by atoms with Gasteiger partial charge in [-0.25, -0.2) is 4.79 Å². The zero-order chi connectivity index (χ0) is 17.0. The number of halogens is 3. The highest BCUT2D eigenvalue weighted by Crippen LogP contribution is 2.32. The molecule has 0 aliphatic heterocycles. The van der Waals surface area contributed by atoms with Crippen LogP contribution in [-0.4, -0.2) is 25.9 Å². The normalized spacial score (nSPS) is 14.5. The summed E-state index contributed by atoms with van der Waals surface area (Å²) in [4.78, 5) is 11.8. The summed E-state index contributed by atoms with van der Waals surface area (Å²) in [5.41, 5.74) is -1.64. The maximum Gasteiger partial charge on any atom is 0.416 e. The monoisotopic (exact) mass is 319 g/mol. The van der Waals surface area contributed by atoms with Gasteiger partial charge in [0, 0.05) is 7.11 Å². The minimum Gasteiger partial charge on any atom is -0.447 e. The predicted molar refractivity (Wildman–Crippen MR) is 75.4 cm³/mol. The molecule has 1 rings (SSSR count). The summed E-state index contributed by atoms with van der Waals surface area (Å²) in [5, 5.41) is 2.57. The quantitative estimate of drug-likeness (QED) is 0.900. The zero-order valence-electron chi connectivity index (χ0n) is 13.0. The van der Waals surface area contributed by atoms with Crippen LogP contribution >= 0.6 is 0 Å². The lowest BCUT2D eigenvalue weighted by molar-refractivity contribution is -0.137. The highest BCUT2D eigenvalue weighted by Gasteiger charge is 2.34. The predicted octanol–water partition coefficient (Wildman–Crippen LogP) is 3.70. The van der Waals surface area contributed by atoms with Gasteiger partial charge >= 0.3 is 12.3 Å². The third-order valence-electron chi connectivity index (χ3n) is 2.98. The van der Waals surface area contributed by atoms with Crippen LogP contribution in [0.2, 0.25) is 0 Å². The summed E-state index contributed by atoms with van der Waals surface area (Å²) < 4.78 is 48.5. The molecule has 1 aromatic carbocycles. The summed E-state index contributed by atoms with van der Waals surface area (Å²) in [6.07, 6.45) is -5.51. The van der Waals surface area contributed by atoms with Crippen molar-refractivity contribution in [3.63, 3.8) is 0 Å². The number of nitrogens with one attached hydrogen (secondary N) is 1. The van der Waals surface area contributed by atoms with Gasteiger partial charge in [0.25, 0.3) is 0 Å². The van der Waals surface area contributed by atoms with Crippen molar-refractivity contribution in [2.24, 2.45) is 0 Å². The Bertz CT molecular complexity index is 517. The van der Waals surface area contributed by atoms with Crippen molar-refractivity contribution in [1.29, 1.82) is 0 Å². The average Bonchev–Trinajstić information content (AvgIpc) is 2.37. The molecule has 1 amide bonds. The molecule has 0 saturated carbocycles. The molecule has 4 nitrogen and oxygen atoms in total. The van der Waals surface area contributed by atoms with Crippen molar-refractivity contribution >= 4 is 6.09 Å². The third-order valence-corrected chi connectivity index (χ3v) is 2.98. The Morgan fingerprint density at radius 2 is 1.86 bits per heavy atom. The molecule has 7 heteroatoms. The van der Waals surface area contributed by atoms with Crippen molar-refractivity contribution < 1.29 is 27.4 Å². The number of amides is 1. The van der Waals surface area contributed by atoms with Gasteiger partial charge < -0.3 is 14.8 Å². The zero-order valence-corrected chi connectivity index (χ0v) is 13.0. The lowest BCUT2D eigenvalue weighted by Gasteiger charge is -2.31. The largest absolute Gasteiger partial charge is 0.447 e. The molecule has 0 aliphatic rings. The fourth-order valence-electron chi connectivity index (χ4n) is 1.99. The van der Waals surface area contributed by atoms with Gasteiger partial charge in [0.1, 0.15) is 0 Å². The van der Waals surface area contributed by atoms with Gasteiger partial charge in [-0.05, 0) is 38.5 Å². The first-order valence-electron chi connectivity index (χ1n) is 6.74. The number of carbonyl (C=O) groups is 1. The number of ether oxygens (including phenoxy) is 2. The maximum absolute atomic E-state index is 12.8. The number of methoxy groups -OCH3 is 1. The van der Waals surface area contributed by atoms with Gasteiger partial charge in [-0.2, -0.15) is 13.2 Å². The molecule has 0 bridgehead atoms. The topological polar surface area (TPSA) is 47.6 Å². The Hall–Kier alpha value is -1.76. The minimum absolute atomic E-state index is 0.00149. The van der Waals surface area contributed by atoms with E-state index in [0.29, 0.717) is 0 Å². The SMILES string of the molecule is COCC(C)(NC(=O)OC(C)C)c1cccc(C(F)(F)F)c1. The van der Waals surface area contributed by atoms with Gasteiger partial charge in [0.2, 0.25) is 0 Å². The first kappa shape index (κ1) is 18.3. The molecule has 0 radical (unpaired) electrons. The summed E-state index contributed by atoms with van der Waals surface area (Å²) >= 11 is 0. The van der Waals surface area contributed by atoms with Crippen LogP contribution in [0.3, 0.4) is 0 Å². The van der Waals surface area contributed by atoms with Crippen molar-refractivity contribution in [3.05, 3.63) is 35.4 Å². The second-order valence-corrected chi connectivity index (χ2v) is 5.42. The summed E-state index contributed by atoms with van der Waals surface area (Å²) in [6, 6.07) is 4.77. The lowest BCUT2D eigenvalue weighted by Crippen LogP contribution is -2.47. The number of alkyl carbamates (subject to hydrolysis) is 1. The molecule has 22 heavy (non-hydrogen) atoms. The molecule has 0 spiro atoms. The van der Waals surface area contributed by atoms with E-state index >= 15 is 0 Å². The van der Waals surface area contributed by atoms with Crippen LogP contribution in [0.4, 0.5) is 18.0 Å². The minimum atomic E-state index is -4.46. The fraction of sp³-hybridized carbons (Fsp3) is 0.533. The first-order valence-corrected chi connectivity index (χ1v) is 6.74. The van der Waals surface area contributed by atoms with Gasteiger partial charge in [-0.1, -0.05) is 12.1 Å². The number of rotatable bonds is 5. The molecule has 1 unspecified atom stereocenters. The summed E-state index contributed by atoms with van der Waals surface area (Å²) in [5.74, 6) is 0. The Morgan fingerprint density at radius 1 is 1.27 bits per heavy atom. The van der Waals surface area contributed by atoms with Crippen LogP contribution in [0, 0.1) is 0 Å². The molecule has 0 fully saturated rings. The van der Waals surface area contributed by atoms with Gasteiger partial charge in [0.15, 0.2) is 0 Å². The van der Waals surface area contributed by atoms with Gasteiger partial charge in [-0.3, -0.25) is 0 Å². The van der Waals surface area contributed by atoms with E-state index in [2.05, 4.69) is 5.32 Å². The molecule has 1 aromatic rings. The van der Waals surface area contributed by atoms with Crippen LogP contribution < -0.4 is 5.32 Å². The maximum atomic E-state index is 12.8. The molecule has 1 atom stereocenters. The number of carbonyl (C=O) groups excluding carboxylic acids is 1. The average molecular weight is 319 g/mol. The van der Waals surface area contributed by atoms with Gasteiger partial charge in [0.05, 0.1) is 23.8 Å². The molecule has 1 N–H and O–H groups in total. The van der Waals surface area contributed by atoms with Crippen LogP contribution in [0.25, 0.3) is 0 Å². The summed E-state index contributed by atoms with van der Waals surface area (Å²) in [7, 11) is 1.40. The van der Waals surface area contributed by atoms with Crippen LogP contribution in [0.5, 0.6) is 0 Å². The molecule has 0 aromatic heterocycles. The van der Waals surface area contributed by atoms with E-state index in [0.717, 1.165) is 12.1 Å². The highest BCUT2D eigenvalue weighted by atomic mass is 19.4. The van der Waals surface area contributed by atoms with E-state index in [-0.39, 0.29) is 18.3 Å². The Morgan fingerprint density at radius 3 is 2.36 bits per heavy atom. The second-order valence-electron chi connectivity index (χ2n) is 5.42. The molecule has 0 aliphatic carbocycles. The van der Waals surface area contributed by atoms with Crippen molar-refractivity contribution in [3.8, 4) is 0 Å². The van der Waals surface area contributed by atoms with E-state index in [1.54, 1.807) is 20.8 Å².